The number of amides is 1. The van der Waals surface area contributed by atoms with Gasteiger partial charge in [0.25, 0.3) is 0 Å². The number of hydrogen-bond donors (Lipinski definition) is 2. The zero-order valence-electron chi connectivity index (χ0n) is 14.6. The van der Waals surface area contributed by atoms with Crippen LogP contribution in [0.5, 0.6) is 0 Å². The first-order chi connectivity index (χ1) is 12.6. The van der Waals surface area contributed by atoms with E-state index in [0.717, 1.165) is 22.4 Å². The van der Waals surface area contributed by atoms with E-state index < -0.39 is 0 Å². The Labute approximate surface area is 159 Å². The molecule has 0 spiro atoms. The summed E-state index contributed by atoms with van der Waals surface area (Å²) in [4.78, 5) is 12.4. The number of para-hydroxylation sites is 1. The first-order valence-electron chi connectivity index (χ1n) is 8.56. The topological polar surface area (TPSA) is 41.1 Å². The van der Waals surface area contributed by atoms with Crippen LogP contribution in [0, 0.1) is 0 Å². The Morgan fingerprint density at radius 2 is 1.69 bits per heavy atom. The van der Waals surface area contributed by atoms with Crippen LogP contribution in [0.25, 0.3) is 11.1 Å². The maximum Gasteiger partial charge on any atom is 0.238 e. The quantitative estimate of drug-likeness (QED) is 0.623. The number of nitrogens with one attached hydrogen (secondary N) is 2. The SMILES string of the molecule is C[C@H](NCC(=O)Nc1ccccc1-c1ccccc1)c1cccc(Cl)c1. The summed E-state index contributed by atoms with van der Waals surface area (Å²) in [7, 11) is 0. The lowest BCUT2D eigenvalue weighted by Gasteiger charge is -2.15. The van der Waals surface area contributed by atoms with Gasteiger partial charge in [-0.1, -0.05) is 72.3 Å². The fourth-order valence-corrected chi connectivity index (χ4v) is 2.99. The first-order valence-corrected chi connectivity index (χ1v) is 8.94. The molecule has 0 aromatic heterocycles. The Kier molecular flexibility index (Phi) is 6.05. The number of benzene rings is 3. The van der Waals surface area contributed by atoms with Crippen molar-refractivity contribution in [3.63, 3.8) is 0 Å². The smallest absolute Gasteiger partial charge is 0.238 e. The van der Waals surface area contributed by atoms with E-state index in [1.165, 1.54) is 0 Å². The van der Waals surface area contributed by atoms with E-state index >= 15 is 0 Å². The van der Waals surface area contributed by atoms with Crippen LogP contribution in [0.4, 0.5) is 5.69 Å². The van der Waals surface area contributed by atoms with E-state index in [4.69, 9.17) is 11.6 Å². The van der Waals surface area contributed by atoms with Gasteiger partial charge in [-0.15, -0.1) is 0 Å². The van der Waals surface area contributed by atoms with Gasteiger partial charge in [0.05, 0.1) is 6.54 Å². The molecule has 3 aromatic carbocycles. The number of anilines is 1. The van der Waals surface area contributed by atoms with Crippen molar-refractivity contribution in [2.24, 2.45) is 0 Å². The average Bonchev–Trinajstić information content (AvgIpc) is 2.67. The molecule has 0 bridgehead atoms. The van der Waals surface area contributed by atoms with E-state index in [2.05, 4.69) is 10.6 Å². The third kappa shape index (κ3) is 4.72. The average molecular weight is 365 g/mol. The lowest BCUT2D eigenvalue weighted by Crippen LogP contribution is -2.30. The predicted octanol–water partition coefficient (Wildman–Crippen LogP) is 5.30. The van der Waals surface area contributed by atoms with Gasteiger partial charge in [-0.3, -0.25) is 4.79 Å². The third-order valence-corrected chi connectivity index (χ3v) is 4.44. The summed E-state index contributed by atoms with van der Waals surface area (Å²) in [6, 6.07) is 25.5. The van der Waals surface area contributed by atoms with Crippen molar-refractivity contribution >= 4 is 23.2 Å². The van der Waals surface area contributed by atoms with Gasteiger partial charge in [0.15, 0.2) is 0 Å². The summed E-state index contributed by atoms with van der Waals surface area (Å²) >= 11 is 6.03. The van der Waals surface area contributed by atoms with Crippen molar-refractivity contribution < 1.29 is 4.79 Å². The molecule has 3 rings (SSSR count). The van der Waals surface area contributed by atoms with Crippen LogP contribution >= 0.6 is 11.6 Å². The normalized spacial score (nSPS) is 11.8. The van der Waals surface area contributed by atoms with Crippen molar-refractivity contribution in [2.75, 3.05) is 11.9 Å². The molecular weight excluding hydrogens is 344 g/mol. The van der Waals surface area contributed by atoms with Crippen LogP contribution in [0.3, 0.4) is 0 Å². The molecule has 3 aromatic rings. The van der Waals surface area contributed by atoms with E-state index in [9.17, 15) is 4.79 Å². The van der Waals surface area contributed by atoms with E-state index in [-0.39, 0.29) is 18.5 Å². The summed E-state index contributed by atoms with van der Waals surface area (Å²) in [5.41, 5.74) is 3.93. The molecule has 0 aliphatic heterocycles. The highest BCUT2D eigenvalue weighted by Crippen LogP contribution is 2.27. The van der Waals surface area contributed by atoms with Gasteiger partial charge in [0, 0.05) is 22.3 Å². The minimum absolute atomic E-state index is 0.0313. The Balaban J connectivity index is 1.64. The van der Waals surface area contributed by atoms with Crippen molar-refractivity contribution in [1.29, 1.82) is 0 Å². The molecule has 0 aliphatic carbocycles. The number of carbonyl (C=O) groups excluding carboxylic acids is 1. The highest BCUT2D eigenvalue weighted by atomic mass is 35.5. The summed E-state index contributed by atoms with van der Waals surface area (Å²) in [5, 5.41) is 6.93. The summed E-state index contributed by atoms with van der Waals surface area (Å²) in [6.07, 6.45) is 0. The van der Waals surface area contributed by atoms with Crippen LogP contribution in [0.2, 0.25) is 5.02 Å². The molecule has 4 heteroatoms. The molecule has 0 saturated heterocycles. The molecule has 0 fully saturated rings. The first kappa shape index (κ1) is 18.2. The molecule has 132 valence electrons. The van der Waals surface area contributed by atoms with Gasteiger partial charge in [0.1, 0.15) is 0 Å². The molecule has 1 amide bonds. The number of rotatable bonds is 6. The van der Waals surface area contributed by atoms with Gasteiger partial charge in [-0.2, -0.15) is 0 Å². The summed E-state index contributed by atoms with van der Waals surface area (Å²) in [5.74, 6) is -0.0812. The minimum atomic E-state index is -0.0812. The highest BCUT2D eigenvalue weighted by Gasteiger charge is 2.10. The largest absolute Gasteiger partial charge is 0.324 e. The van der Waals surface area contributed by atoms with E-state index in [1.54, 1.807) is 0 Å². The monoisotopic (exact) mass is 364 g/mol. The molecular formula is C22H21ClN2O. The fraction of sp³-hybridized carbons (Fsp3) is 0.136. The molecule has 0 heterocycles. The Morgan fingerprint density at radius 3 is 2.46 bits per heavy atom. The molecule has 3 nitrogen and oxygen atoms in total. The second kappa shape index (κ2) is 8.65. The van der Waals surface area contributed by atoms with E-state index in [0.29, 0.717) is 5.02 Å². The van der Waals surface area contributed by atoms with Crippen molar-refractivity contribution in [1.82, 2.24) is 5.32 Å². The Hall–Kier alpha value is -2.62. The molecule has 0 aliphatic rings. The number of halogens is 1. The van der Waals surface area contributed by atoms with Crippen molar-refractivity contribution in [3.05, 3.63) is 89.4 Å². The van der Waals surface area contributed by atoms with Gasteiger partial charge in [-0.25, -0.2) is 0 Å². The van der Waals surface area contributed by atoms with E-state index in [1.807, 2.05) is 85.8 Å². The Morgan fingerprint density at radius 1 is 0.962 bits per heavy atom. The second-order valence-electron chi connectivity index (χ2n) is 6.12. The van der Waals surface area contributed by atoms with Crippen LogP contribution in [0.1, 0.15) is 18.5 Å². The van der Waals surface area contributed by atoms with Gasteiger partial charge in [-0.05, 0) is 36.2 Å². The van der Waals surface area contributed by atoms with Gasteiger partial charge < -0.3 is 10.6 Å². The molecule has 2 N–H and O–H groups in total. The molecule has 0 saturated carbocycles. The second-order valence-corrected chi connectivity index (χ2v) is 6.55. The van der Waals surface area contributed by atoms with Crippen LogP contribution in [-0.4, -0.2) is 12.5 Å². The predicted molar refractivity (Wildman–Crippen MR) is 108 cm³/mol. The summed E-state index contributed by atoms with van der Waals surface area (Å²) < 4.78 is 0. The molecule has 1 atom stereocenters. The lowest BCUT2D eigenvalue weighted by molar-refractivity contribution is -0.115. The maximum atomic E-state index is 12.4. The van der Waals surface area contributed by atoms with Crippen molar-refractivity contribution in [2.45, 2.75) is 13.0 Å². The van der Waals surface area contributed by atoms with Crippen LogP contribution in [-0.2, 0) is 4.79 Å². The summed E-state index contributed by atoms with van der Waals surface area (Å²) in [6.45, 7) is 2.23. The standard InChI is InChI=1S/C22H21ClN2O/c1-16(18-10-7-11-19(23)14-18)24-15-22(26)25-21-13-6-5-12-20(21)17-8-3-2-4-9-17/h2-14,16,24H,15H2,1H3,(H,25,26)/t16-/m0/s1. The highest BCUT2D eigenvalue weighted by molar-refractivity contribution is 6.30. The Bertz CT molecular complexity index is 880. The van der Waals surface area contributed by atoms with Gasteiger partial charge >= 0.3 is 0 Å². The molecule has 0 radical (unpaired) electrons. The lowest BCUT2D eigenvalue weighted by atomic mass is 10.0. The maximum absolute atomic E-state index is 12.4. The zero-order valence-corrected chi connectivity index (χ0v) is 15.3. The molecule has 0 unspecified atom stereocenters. The third-order valence-electron chi connectivity index (χ3n) is 4.20. The zero-order chi connectivity index (χ0) is 18.4. The van der Waals surface area contributed by atoms with Crippen molar-refractivity contribution in [3.8, 4) is 11.1 Å². The van der Waals surface area contributed by atoms with Crippen LogP contribution < -0.4 is 10.6 Å². The minimum Gasteiger partial charge on any atom is -0.324 e. The fourth-order valence-electron chi connectivity index (χ4n) is 2.80. The molecule has 26 heavy (non-hydrogen) atoms. The number of carbonyl (C=O) groups is 1. The van der Waals surface area contributed by atoms with Crippen LogP contribution in [0.15, 0.2) is 78.9 Å². The number of hydrogen-bond acceptors (Lipinski definition) is 2. The van der Waals surface area contributed by atoms with Gasteiger partial charge in [0.2, 0.25) is 5.91 Å².